The first-order chi connectivity index (χ1) is 12.7. The normalized spacial score (nSPS) is 19.1. The molecule has 0 fully saturated rings. The minimum Gasteiger partial charge on any atom is -0.364 e. The van der Waals surface area contributed by atoms with Crippen molar-refractivity contribution in [2.24, 2.45) is 4.99 Å². The first kappa shape index (κ1) is 16.6. The lowest BCUT2D eigenvalue weighted by atomic mass is 9.95. The molecule has 0 aliphatic carbocycles. The molecule has 0 saturated heterocycles. The van der Waals surface area contributed by atoms with Gasteiger partial charge in [0, 0.05) is 6.42 Å². The van der Waals surface area contributed by atoms with Crippen molar-refractivity contribution < 1.29 is 0 Å². The van der Waals surface area contributed by atoms with E-state index >= 15 is 0 Å². The van der Waals surface area contributed by atoms with Crippen molar-refractivity contribution in [1.82, 2.24) is 5.32 Å². The molecule has 3 aromatic rings. The Morgan fingerprint density at radius 2 is 1.46 bits per heavy atom. The van der Waals surface area contributed by atoms with E-state index in [0.717, 1.165) is 12.3 Å². The summed E-state index contributed by atoms with van der Waals surface area (Å²) in [5.41, 5.74) is 6.49. The Bertz CT molecular complexity index is 913. The van der Waals surface area contributed by atoms with Crippen LogP contribution in [-0.4, -0.2) is 5.84 Å². The molecule has 26 heavy (non-hydrogen) atoms. The summed E-state index contributed by atoms with van der Waals surface area (Å²) in [6.07, 6.45) is 0.847. The maximum atomic E-state index is 5.09. The summed E-state index contributed by atoms with van der Waals surface area (Å²) in [6.45, 7) is 4.32. The van der Waals surface area contributed by atoms with Crippen molar-refractivity contribution in [2.45, 2.75) is 32.4 Å². The Kier molecular flexibility index (Phi) is 4.57. The Morgan fingerprint density at radius 1 is 0.808 bits per heavy atom. The zero-order chi connectivity index (χ0) is 17.9. The molecular formula is C24H24N2. The molecule has 1 aliphatic rings. The third-order valence-electron chi connectivity index (χ3n) is 5.10. The van der Waals surface area contributed by atoms with Crippen LogP contribution < -0.4 is 5.32 Å². The summed E-state index contributed by atoms with van der Waals surface area (Å²) in [7, 11) is 0. The van der Waals surface area contributed by atoms with Gasteiger partial charge in [-0.25, -0.2) is 0 Å². The van der Waals surface area contributed by atoms with Crippen molar-refractivity contribution in [3.8, 4) is 0 Å². The lowest BCUT2D eigenvalue weighted by molar-refractivity contribution is 0.572. The van der Waals surface area contributed by atoms with Crippen LogP contribution in [0.1, 0.15) is 39.9 Å². The standard InChI is InChI=1S/C24H24N2/c1-17-13-14-18(2)21(15-17)16-22-25-23(19-9-5-3-6-10-19)24(26-22)20-11-7-4-8-12-20/h3-15,23-24H,16H2,1-2H3,(H,25,26). The highest BCUT2D eigenvalue weighted by atomic mass is 15.1. The van der Waals surface area contributed by atoms with Crippen LogP contribution in [0.25, 0.3) is 0 Å². The molecule has 0 spiro atoms. The molecule has 1 N–H and O–H groups in total. The zero-order valence-corrected chi connectivity index (χ0v) is 15.3. The van der Waals surface area contributed by atoms with Crippen molar-refractivity contribution in [2.75, 3.05) is 0 Å². The number of hydrogen-bond donors (Lipinski definition) is 1. The number of hydrogen-bond acceptors (Lipinski definition) is 2. The summed E-state index contributed by atoms with van der Waals surface area (Å²) in [6, 6.07) is 28.1. The van der Waals surface area contributed by atoms with Gasteiger partial charge in [-0.15, -0.1) is 0 Å². The van der Waals surface area contributed by atoms with Gasteiger partial charge in [-0.2, -0.15) is 0 Å². The van der Waals surface area contributed by atoms with Crippen LogP contribution in [0.2, 0.25) is 0 Å². The molecule has 4 rings (SSSR count). The third kappa shape index (κ3) is 3.41. The van der Waals surface area contributed by atoms with E-state index in [4.69, 9.17) is 4.99 Å². The summed E-state index contributed by atoms with van der Waals surface area (Å²) in [5.74, 6) is 1.07. The van der Waals surface area contributed by atoms with Crippen LogP contribution in [0.3, 0.4) is 0 Å². The van der Waals surface area contributed by atoms with E-state index in [2.05, 4.69) is 98.0 Å². The van der Waals surface area contributed by atoms with Gasteiger partial charge in [0.15, 0.2) is 0 Å². The van der Waals surface area contributed by atoms with Gasteiger partial charge in [-0.1, -0.05) is 84.4 Å². The molecule has 2 heteroatoms. The average molecular weight is 340 g/mol. The molecule has 130 valence electrons. The van der Waals surface area contributed by atoms with Gasteiger partial charge < -0.3 is 5.32 Å². The average Bonchev–Trinajstić information content (AvgIpc) is 3.10. The van der Waals surface area contributed by atoms with E-state index < -0.39 is 0 Å². The monoisotopic (exact) mass is 340 g/mol. The van der Waals surface area contributed by atoms with E-state index in [1.165, 1.54) is 27.8 Å². The van der Waals surface area contributed by atoms with E-state index in [9.17, 15) is 0 Å². The molecular weight excluding hydrogens is 316 g/mol. The molecule has 2 nitrogen and oxygen atoms in total. The molecule has 0 bridgehead atoms. The van der Waals surface area contributed by atoms with E-state index in [1.54, 1.807) is 0 Å². The molecule has 2 atom stereocenters. The Morgan fingerprint density at radius 3 is 2.15 bits per heavy atom. The Hall–Kier alpha value is -2.87. The minimum atomic E-state index is 0.110. The van der Waals surface area contributed by atoms with E-state index in [1.807, 2.05) is 0 Å². The lowest BCUT2D eigenvalue weighted by Crippen LogP contribution is -2.26. The summed E-state index contributed by atoms with van der Waals surface area (Å²) >= 11 is 0. The van der Waals surface area contributed by atoms with Crippen LogP contribution in [0.4, 0.5) is 0 Å². The fourth-order valence-electron chi connectivity index (χ4n) is 3.65. The van der Waals surface area contributed by atoms with Crippen LogP contribution in [0.15, 0.2) is 83.9 Å². The van der Waals surface area contributed by atoms with Gasteiger partial charge in [0.2, 0.25) is 0 Å². The van der Waals surface area contributed by atoms with Gasteiger partial charge in [0.25, 0.3) is 0 Å². The molecule has 3 aromatic carbocycles. The highest BCUT2D eigenvalue weighted by molar-refractivity contribution is 5.87. The first-order valence-corrected chi connectivity index (χ1v) is 9.20. The summed E-state index contributed by atoms with van der Waals surface area (Å²) < 4.78 is 0. The number of nitrogens with zero attached hydrogens (tertiary/aromatic N) is 1. The maximum absolute atomic E-state index is 5.09. The quantitative estimate of drug-likeness (QED) is 0.682. The fourth-order valence-corrected chi connectivity index (χ4v) is 3.65. The van der Waals surface area contributed by atoms with Crippen molar-refractivity contribution in [1.29, 1.82) is 0 Å². The molecule has 0 saturated carbocycles. The van der Waals surface area contributed by atoms with Gasteiger partial charge in [0.05, 0.1) is 6.04 Å². The van der Waals surface area contributed by atoms with Gasteiger partial charge >= 0.3 is 0 Å². The summed E-state index contributed by atoms with van der Waals surface area (Å²) in [4.78, 5) is 5.09. The Balaban J connectivity index is 1.67. The maximum Gasteiger partial charge on any atom is 0.102 e. The molecule has 1 aliphatic heterocycles. The van der Waals surface area contributed by atoms with Gasteiger partial charge in [-0.3, -0.25) is 4.99 Å². The number of aliphatic imine (C=N–C) groups is 1. The predicted molar refractivity (Wildman–Crippen MR) is 109 cm³/mol. The van der Waals surface area contributed by atoms with Crippen LogP contribution in [0, 0.1) is 13.8 Å². The SMILES string of the molecule is Cc1ccc(C)c(CC2=NC(c3ccccc3)C(c3ccccc3)N2)c1. The third-order valence-corrected chi connectivity index (χ3v) is 5.10. The van der Waals surface area contributed by atoms with E-state index in [0.29, 0.717) is 0 Å². The summed E-state index contributed by atoms with van der Waals surface area (Å²) in [5, 5.41) is 3.70. The largest absolute Gasteiger partial charge is 0.364 e. The second-order valence-electron chi connectivity index (χ2n) is 7.07. The highest BCUT2D eigenvalue weighted by Crippen LogP contribution is 2.36. The Labute approximate surface area is 155 Å². The fraction of sp³-hybridized carbons (Fsp3) is 0.208. The number of amidine groups is 1. The molecule has 0 radical (unpaired) electrons. The van der Waals surface area contributed by atoms with Crippen LogP contribution in [-0.2, 0) is 6.42 Å². The number of rotatable bonds is 4. The predicted octanol–water partition coefficient (Wildman–Crippen LogP) is 5.33. The second kappa shape index (κ2) is 7.17. The van der Waals surface area contributed by atoms with Crippen LogP contribution >= 0.6 is 0 Å². The van der Waals surface area contributed by atoms with Crippen molar-refractivity contribution >= 4 is 5.84 Å². The van der Waals surface area contributed by atoms with Gasteiger partial charge in [0.1, 0.15) is 11.9 Å². The minimum absolute atomic E-state index is 0.110. The van der Waals surface area contributed by atoms with Crippen molar-refractivity contribution in [3.63, 3.8) is 0 Å². The molecule has 0 amide bonds. The topological polar surface area (TPSA) is 24.4 Å². The van der Waals surface area contributed by atoms with Gasteiger partial charge in [-0.05, 0) is 36.1 Å². The lowest BCUT2D eigenvalue weighted by Gasteiger charge is -2.19. The molecule has 2 unspecified atom stereocenters. The molecule has 1 heterocycles. The smallest absolute Gasteiger partial charge is 0.102 e. The highest BCUT2D eigenvalue weighted by Gasteiger charge is 2.31. The number of benzene rings is 3. The molecule has 0 aromatic heterocycles. The van der Waals surface area contributed by atoms with E-state index in [-0.39, 0.29) is 12.1 Å². The second-order valence-corrected chi connectivity index (χ2v) is 7.07. The first-order valence-electron chi connectivity index (χ1n) is 9.20. The van der Waals surface area contributed by atoms with Crippen molar-refractivity contribution in [3.05, 3.63) is 107 Å². The zero-order valence-electron chi connectivity index (χ0n) is 15.3. The number of nitrogens with one attached hydrogen (secondary N) is 1. The van der Waals surface area contributed by atoms with Crippen LogP contribution in [0.5, 0.6) is 0 Å². The number of aryl methyl sites for hydroxylation is 2.